The van der Waals surface area contributed by atoms with Crippen LogP contribution in [0.25, 0.3) is 0 Å². The summed E-state index contributed by atoms with van der Waals surface area (Å²) in [5.41, 5.74) is 3.07. The van der Waals surface area contributed by atoms with Gasteiger partial charge in [-0.25, -0.2) is 8.42 Å². The average molecular weight is 344 g/mol. The summed E-state index contributed by atoms with van der Waals surface area (Å²) in [6.45, 7) is 5.68. The van der Waals surface area contributed by atoms with Crippen molar-refractivity contribution < 1.29 is 13.2 Å². The number of rotatable bonds is 7. The lowest BCUT2D eigenvalue weighted by Gasteiger charge is -2.17. The summed E-state index contributed by atoms with van der Waals surface area (Å²) in [5, 5.41) is -0.727. The van der Waals surface area contributed by atoms with Gasteiger partial charge in [0, 0.05) is 12.8 Å². The SMILES string of the molecule is CCC(=O)CC(Cc1ccc(C)cc1)S(=O)(=O)c1ccc(C)cc1. The van der Waals surface area contributed by atoms with Crippen LogP contribution >= 0.6 is 0 Å². The van der Waals surface area contributed by atoms with Gasteiger partial charge in [-0.05, 0) is 38.0 Å². The van der Waals surface area contributed by atoms with Gasteiger partial charge in [-0.2, -0.15) is 0 Å². The molecule has 0 radical (unpaired) electrons. The predicted molar refractivity (Wildman–Crippen MR) is 97.0 cm³/mol. The van der Waals surface area contributed by atoms with Gasteiger partial charge in [0.1, 0.15) is 5.78 Å². The van der Waals surface area contributed by atoms with E-state index in [0.717, 1.165) is 16.7 Å². The molecule has 0 aliphatic rings. The van der Waals surface area contributed by atoms with Crippen LogP contribution < -0.4 is 0 Å². The third-order valence-electron chi connectivity index (χ3n) is 4.22. The normalized spacial score (nSPS) is 12.8. The summed E-state index contributed by atoms with van der Waals surface area (Å²) < 4.78 is 26.0. The highest BCUT2D eigenvalue weighted by atomic mass is 32.2. The number of aryl methyl sites for hydroxylation is 2. The summed E-state index contributed by atoms with van der Waals surface area (Å²) in [7, 11) is -3.55. The van der Waals surface area contributed by atoms with Gasteiger partial charge in [0.05, 0.1) is 10.1 Å². The van der Waals surface area contributed by atoms with E-state index >= 15 is 0 Å². The summed E-state index contributed by atoms with van der Waals surface area (Å²) in [4.78, 5) is 12.2. The molecule has 2 aromatic rings. The molecule has 0 amide bonds. The fraction of sp³-hybridized carbons (Fsp3) is 0.350. The maximum absolute atomic E-state index is 13.0. The molecule has 0 aliphatic heterocycles. The van der Waals surface area contributed by atoms with Crippen LogP contribution in [0.15, 0.2) is 53.4 Å². The molecule has 0 saturated heterocycles. The first-order valence-corrected chi connectivity index (χ1v) is 9.75. The quantitative estimate of drug-likeness (QED) is 0.761. The number of carbonyl (C=O) groups excluding carboxylic acids is 1. The first-order valence-electron chi connectivity index (χ1n) is 8.20. The van der Waals surface area contributed by atoms with Crippen LogP contribution in [-0.4, -0.2) is 19.5 Å². The van der Waals surface area contributed by atoms with Crippen molar-refractivity contribution in [1.82, 2.24) is 0 Å². The minimum atomic E-state index is -3.55. The zero-order chi connectivity index (χ0) is 17.7. The van der Waals surface area contributed by atoms with Gasteiger partial charge in [0.2, 0.25) is 0 Å². The van der Waals surface area contributed by atoms with Gasteiger partial charge in [-0.1, -0.05) is 54.4 Å². The third kappa shape index (κ3) is 4.54. The van der Waals surface area contributed by atoms with Crippen LogP contribution in [0, 0.1) is 13.8 Å². The fourth-order valence-electron chi connectivity index (χ4n) is 2.60. The number of carbonyl (C=O) groups is 1. The largest absolute Gasteiger partial charge is 0.300 e. The number of Topliss-reactive ketones (excluding diaryl/α,β-unsaturated/α-hetero) is 1. The van der Waals surface area contributed by atoms with Crippen molar-refractivity contribution >= 4 is 15.6 Å². The average Bonchev–Trinajstić information content (AvgIpc) is 2.56. The van der Waals surface area contributed by atoms with E-state index in [1.165, 1.54) is 0 Å². The van der Waals surface area contributed by atoms with Crippen LogP contribution in [0.5, 0.6) is 0 Å². The van der Waals surface area contributed by atoms with Gasteiger partial charge in [-0.3, -0.25) is 4.79 Å². The lowest BCUT2D eigenvalue weighted by molar-refractivity contribution is -0.118. The van der Waals surface area contributed by atoms with E-state index in [4.69, 9.17) is 0 Å². The molecule has 0 heterocycles. The van der Waals surface area contributed by atoms with Crippen molar-refractivity contribution in [3.8, 4) is 0 Å². The van der Waals surface area contributed by atoms with Gasteiger partial charge < -0.3 is 0 Å². The minimum Gasteiger partial charge on any atom is -0.300 e. The molecule has 1 unspecified atom stereocenters. The smallest absolute Gasteiger partial charge is 0.181 e. The van der Waals surface area contributed by atoms with Crippen molar-refractivity contribution in [2.45, 2.75) is 50.2 Å². The van der Waals surface area contributed by atoms with Crippen molar-refractivity contribution in [2.24, 2.45) is 0 Å². The van der Waals surface area contributed by atoms with Crippen LogP contribution in [-0.2, 0) is 21.1 Å². The Morgan fingerprint density at radius 2 is 1.42 bits per heavy atom. The molecule has 0 bridgehead atoms. The molecule has 0 spiro atoms. The maximum Gasteiger partial charge on any atom is 0.181 e. The maximum atomic E-state index is 13.0. The molecular weight excluding hydrogens is 320 g/mol. The standard InChI is InChI=1S/C20H24O3S/c1-4-18(21)14-20(13-17-9-5-15(2)6-10-17)24(22,23)19-11-7-16(3)8-12-19/h5-12,20H,4,13-14H2,1-3H3. The second kappa shape index (κ2) is 7.75. The topological polar surface area (TPSA) is 51.2 Å². The zero-order valence-electron chi connectivity index (χ0n) is 14.5. The molecular formula is C20H24O3S. The Balaban J connectivity index is 2.35. The van der Waals surface area contributed by atoms with E-state index in [-0.39, 0.29) is 17.1 Å². The molecule has 128 valence electrons. The molecule has 0 N–H and O–H groups in total. The lowest BCUT2D eigenvalue weighted by Crippen LogP contribution is -2.27. The molecule has 2 rings (SSSR count). The van der Waals surface area contributed by atoms with Gasteiger partial charge in [-0.15, -0.1) is 0 Å². The van der Waals surface area contributed by atoms with E-state index in [2.05, 4.69) is 0 Å². The molecule has 3 nitrogen and oxygen atoms in total. The third-order valence-corrected chi connectivity index (χ3v) is 6.36. The molecule has 4 heteroatoms. The van der Waals surface area contributed by atoms with E-state index in [9.17, 15) is 13.2 Å². The number of ketones is 1. The lowest BCUT2D eigenvalue weighted by atomic mass is 10.0. The minimum absolute atomic E-state index is 0.0252. The predicted octanol–water partition coefficient (Wildman–Crippen LogP) is 4.06. The molecule has 1 atom stereocenters. The number of hydrogen-bond acceptors (Lipinski definition) is 3. The molecule has 0 saturated carbocycles. The Kier molecular flexibility index (Phi) is 5.94. The highest BCUT2D eigenvalue weighted by Crippen LogP contribution is 2.23. The van der Waals surface area contributed by atoms with E-state index in [0.29, 0.717) is 12.8 Å². The van der Waals surface area contributed by atoms with Crippen LogP contribution in [0.3, 0.4) is 0 Å². The number of hydrogen-bond donors (Lipinski definition) is 0. The number of benzene rings is 2. The van der Waals surface area contributed by atoms with Crippen LogP contribution in [0.4, 0.5) is 0 Å². The monoisotopic (exact) mass is 344 g/mol. The Labute approximate surface area is 144 Å². The second-order valence-electron chi connectivity index (χ2n) is 6.27. The summed E-state index contributed by atoms with van der Waals surface area (Å²) >= 11 is 0. The van der Waals surface area contributed by atoms with Crippen LogP contribution in [0.1, 0.15) is 36.5 Å². The van der Waals surface area contributed by atoms with Crippen molar-refractivity contribution in [1.29, 1.82) is 0 Å². The van der Waals surface area contributed by atoms with E-state index in [1.54, 1.807) is 31.2 Å². The Morgan fingerprint density at radius 3 is 1.92 bits per heavy atom. The van der Waals surface area contributed by atoms with Gasteiger partial charge in [0.25, 0.3) is 0 Å². The summed E-state index contributed by atoms with van der Waals surface area (Å²) in [6.07, 6.45) is 0.761. The summed E-state index contributed by atoms with van der Waals surface area (Å²) in [5.74, 6) is -0.0252. The molecule has 0 fully saturated rings. The first kappa shape index (κ1) is 18.4. The Hall–Kier alpha value is -1.94. The Bertz CT molecular complexity index is 788. The highest BCUT2D eigenvalue weighted by Gasteiger charge is 2.29. The molecule has 2 aromatic carbocycles. The second-order valence-corrected chi connectivity index (χ2v) is 8.49. The van der Waals surface area contributed by atoms with E-state index in [1.807, 2.05) is 38.1 Å². The summed E-state index contributed by atoms with van der Waals surface area (Å²) in [6, 6.07) is 14.6. The molecule has 0 aromatic heterocycles. The number of sulfone groups is 1. The fourth-order valence-corrected chi connectivity index (χ4v) is 4.31. The van der Waals surface area contributed by atoms with Crippen molar-refractivity contribution in [3.63, 3.8) is 0 Å². The highest BCUT2D eigenvalue weighted by molar-refractivity contribution is 7.92. The van der Waals surface area contributed by atoms with Crippen LogP contribution in [0.2, 0.25) is 0 Å². The van der Waals surface area contributed by atoms with Crippen molar-refractivity contribution in [2.75, 3.05) is 0 Å². The van der Waals surface area contributed by atoms with E-state index < -0.39 is 15.1 Å². The first-order chi connectivity index (χ1) is 11.3. The molecule has 0 aliphatic carbocycles. The zero-order valence-corrected chi connectivity index (χ0v) is 15.3. The van der Waals surface area contributed by atoms with Gasteiger partial charge >= 0.3 is 0 Å². The van der Waals surface area contributed by atoms with Crippen molar-refractivity contribution in [3.05, 3.63) is 65.2 Å². The van der Waals surface area contributed by atoms with Gasteiger partial charge in [0.15, 0.2) is 9.84 Å². The Morgan fingerprint density at radius 1 is 0.917 bits per heavy atom. The molecule has 24 heavy (non-hydrogen) atoms.